The Balaban J connectivity index is 1.46. The lowest BCUT2D eigenvalue weighted by Gasteiger charge is -2.24. The molecule has 1 aliphatic rings. The number of aryl methyl sites for hydroxylation is 1. The molecule has 0 radical (unpaired) electrons. The fourth-order valence-corrected chi connectivity index (χ4v) is 3.00. The summed E-state index contributed by atoms with van der Waals surface area (Å²) < 4.78 is 10.7. The second kappa shape index (κ2) is 7.68. The molecule has 0 aliphatic carbocycles. The van der Waals surface area contributed by atoms with E-state index in [1.54, 1.807) is 6.92 Å². The summed E-state index contributed by atoms with van der Waals surface area (Å²) >= 11 is 0. The maximum atomic E-state index is 10.2. The first-order chi connectivity index (χ1) is 11.2. The minimum atomic E-state index is -0.521. The first-order valence-corrected chi connectivity index (χ1v) is 8.06. The van der Waals surface area contributed by atoms with Gasteiger partial charge in [0.05, 0.1) is 25.4 Å². The molecule has 23 heavy (non-hydrogen) atoms. The molecule has 6 heteroatoms. The largest absolute Gasteiger partial charge is 0.389 e. The molecule has 2 heterocycles. The smallest absolute Gasteiger partial charge is 0.223 e. The molecule has 1 saturated heterocycles. The van der Waals surface area contributed by atoms with Gasteiger partial charge in [0.15, 0.2) is 5.82 Å². The molecule has 0 amide bonds. The quantitative estimate of drug-likeness (QED) is 0.843. The monoisotopic (exact) mass is 317 g/mol. The molecule has 1 aromatic heterocycles. The first-order valence-electron chi connectivity index (χ1n) is 8.06. The second-order valence-corrected chi connectivity index (χ2v) is 5.98. The number of nitrogens with zero attached hydrogens (tertiary/aromatic N) is 3. The van der Waals surface area contributed by atoms with Crippen molar-refractivity contribution < 1.29 is 14.4 Å². The van der Waals surface area contributed by atoms with E-state index in [0.29, 0.717) is 25.6 Å². The molecule has 2 atom stereocenters. The molecule has 1 aliphatic heterocycles. The van der Waals surface area contributed by atoms with E-state index in [0.717, 1.165) is 30.8 Å². The van der Waals surface area contributed by atoms with E-state index in [1.165, 1.54) is 0 Å². The normalized spacial score (nSPS) is 20.0. The fraction of sp³-hybridized carbons (Fsp3) is 0.529. The highest BCUT2D eigenvalue weighted by Gasteiger charge is 2.30. The molecule has 0 bridgehead atoms. The lowest BCUT2D eigenvalue weighted by molar-refractivity contribution is 0.00710. The van der Waals surface area contributed by atoms with E-state index in [2.05, 4.69) is 15.0 Å². The summed E-state index contributed by atoms with van der Waals surface area (Å²) in [5, 5.41) is 14.2. The van der Waals surface area contributed by atoms with Gasteiger partial charge in [-0.2, -0.15) is 4.98 Å². The summed E-state index contributed by atoms with van der Waals surface area (Å²) in [4.78, 5) is 6.53. The molecule has 2 aromatic rings. The zero-order chi connectivity index (χ0) is 16.1. The van der Waals surface area contributed by atoms with Gasteiger partial charge in [-0.25, -0.2) is 0 Å². The minimum Gasteiger partial charge on any atom is -0.389 e. The summed E-state index contributed by atoms with van der Waals surface area (Å²) in [6, 6.07) is 10.1. The van der Waals surface area contributed by atoms with Crippen molar-refractivity contribution in [3.8, 4) is 0 Å². The Bertz CT molecular complexity index is 602. The Kier molecular flexibility index (Phi) is 5.38. The maximum absolute atomic E-state index is 10.2. The molecule has 1 fully saturated rings. The van der Waals surface area contributed by atoms with E-state index in [-0.39, 0.29) is 6.04 Å². The van der Waals surface area contributed by atoms with Crippen molar-refractivity contribution in [2.45, 2.75) is 38.5 Å². The van der Waals surface area contributed by atoms with Crippen molar-refractivity contribution in [2.75, 3.05) is 19.7 Å². The summed E-state index contributed by atoms with van der Waals surface area (Å²) in [6.45, 7) is 4.14. The molecule has 0 saturated carbocycles. The van der Waals surface area contributed by atoms with Gasteiger partial charge in [0.1, 0.15) is 0 Å². The van der Waals surface area contributed by atoms with E-state index >= 15 is 0 Å². The van der Waals surface area contributed by atoms with Crippen molar-refractivity contribution in [1.82, 2.24) is 15.0 Å². The predicted molar refractivity (Wildman–Crippen MR) is 84.7 cm³/mol. The highest BCUT2D eigenvalue weighted by atomic mass is 16.5. The number of hydrogen-bond donors (Lipinski definition) is 1. The van der Waals surface area contributed by atoms with Gasteiger partial charge in [-0.1, -0.05) is 35.5 Å². The average Bonchev–Trinajstić information content (AvgIpc) is 3.17. The first kappa shape index (κ1) is 16.1. The zero-order valence-corrected chi connectivity index (χ0v) is 13.4. The van der Waals surface area contributed by atoms with E-state index < -0.39 is 6.10 Å². The van der Waals surface area contributed by atoms with Crippen LogP contribution in [0.25, 0.3) is 0 Å². The van der Waals surface area contributed by atoms with Crippen molar-refractivity contribution >= 4 is 0 Å². The van der Waals surface area contributed by atoms with Gasteiger partial charge in [-0.15, -0.1) is 0 Å². The van der Waals surface area contributed by atoms with Crippen LogP contribution in [0, 0.1) is 6.92 Å². The Labute approximate surface area is 136 Å². The van der Waals surface area contributed by atoms with Gasteiger partial charge in [-0.05, 0) is 24.9 Å². The third-order valence-electron chi connectivity index (χ3n) is 4.07. The number of aliphatic hydroxyl groups excluding tert-OH is 1. The summed E-state index contributed by atoms with van der Waals surface area (Å²) in [6.07, 6.45) is 1.55. The van der Waals surface area contributed by atoms with Crippen LogP contribution in [0.1, 0.15) is 36.2 Å². The Morgan fingerprint density at radius 3 is 2.96 bits per heavy atom. The molecule has 3 rings (SSSR count). The molecule has 0 spiro atoms. The number of benzene rings is 1. The summed E-state index contributed by atoms with van der Waals surface area (Å²) in [5.41, 5.74) is 1.11. The molecular formula is C17H23N3O3. The standard InChI is InChI=1S/C17H23N3O3/c1-13-18-17(19-23-13)16-8-5-9-20(16)10-15(21)12-22-11-14-6-3-2-4-7-14/h2-4,6-7,15-16,21H,5,8-12H2,1H3/t15-,16+/m1/s1. The van der Waals surface area contributed by atoms with Gasteiger partial charge in [-0.3, -0.25) is 4.90 Å². The molecular weight excluding hydrogens is 294 g/mol. The highest BCUT2D eigenvalue weighted by Crippen LogP contribution is 2.30. The second-order valence-electron chi connectivity index (χ2n) is 5.98. The molecule has 124 valence electrons. The van der Waals surface area contributed by atoms with Gasteiger partial charge in [0.25, 0.3) is 0 Å². The van der Waals surface area contributed by atoms with Crippen LogP contribution in [-0.4, -0.2) is 45.9 Å². The number of likely N-dealkylation sites (tertiary alicyclic amines) is 1. The molecule has 1 N–H and O–H groups in total. The van der Waals surface area contributed by atoms with Crippen LogP contribution in [-0.2, 0) is 11.3 Å². The molecule has 0 unspecified atom stereocenters. The third-order valence-corrected chi connectivity index (χ3v) is 4.07. The van der Waals surface area contributed by atoms with E-state index in [1.807, 2.05) is 30.3 Å². The summed E-state index contributed by atoms with van der Waals surface area (Å²) in [5.74, 6) is 1.30. The lowest BCUT2D eigenvalue weighted by atomic mass is 10.2. The van der Waals surface area contributed by atoms with Crippen molar-refractivity contribution in [3.05, 3.63) is 47.6 Å². The van der Waals surface area contributed by atoms with E-state index in [9.17, 15) is 5.11 Å². The Morgan fingerprint density at radius 2 is 2.22 bits per heavy atom. The zero-order valence-electron chi connectivity index (χ0n) is 13.4. The van der Waals surface area contributed by atoms with Crippen molar-refractivity contribution in [1.29, 1.82) is 0 Å². The number of rotatable bonds is 7. The molecule has 1 aromatic carbocycles. The van der Waals surface area contributed by atoms with Gasteiger partial charge in [0, 0.05) is 13.5 Å². The van der Waals surface area contributed by atoms with Crippen LogP contribution in [0.15, 0.2) is 34.9 Å². The van der Waals surface area contributed by atoms with Gasteiger partial charge < -0.3 is 14.4 Å². The minimum absolute atomic E-state index is 0.135. The number of aromatic nitrogens is 2. The Hall–Kier alpha value is -1.76. The Morgan fingerprint density at radius 1 is 1.39 bits per heavy atom. The van der Waals surface area contributed by atoms with Gasteiger partial charge >= 0.3 is 0 Å². The highest BCUT2D eigenvalue weighted by molar-refractivity contribution is 5.13. The SMILES string of the molecule is Cc1nc([C@@H]2CCCN2C[C@@H](O)COCc2ccccc2)no1. The van der Waals surface area contributed by atoms with Crippen LogP contribution in [0.2, 0.25) is 0 Å². The van der Waals surface area contributed by atoms with Crippen LogP contribution in [0.4, 0.5) is 0 Å². The van der Waals surface area contributed by atoms with Crippen LogP contribution in [0.5, 0.6) is 0 Å². The predicted octanol–water partition coefficient (Wildman–Crippen LogP) is 2.09. The van der Waals surface area contributed by atoms with E-state index in [4.69, 9.17) is 9.26 Å². The lowest BCUT2D eigenvalue weighted by Crippen LogP contribution is -2.35. The van der Waals surface area contributed by atoms with Crippen LogP contribution in [0.3, 0.4) is 0 Å². The molecule has 6 nitrogen and oxygen atoms in total. The summed E-state index contributed by atoms with van der Waals surface area (Å²) in [7, 11) is 0. The maximum Gasteiger partial charge on any atom is 0.223 e. The van der Waals surface area contributed by atoms with Crippen molar-refractivity contribution in [3.63, 3.8) is 0 Å². The number of aliphatic hydroxyl groups is 1. The third kappa shape index (κ3) is 4.37. The van der Waals surface area contributed by atoms with Crippen LogP contribution < -0.4 is 0 Å². The fourth-order valence-electron chi connectivity index (χ4n) is 3.00. The number of ether oxygens (including phenoxy) is 1. The van der Waals surface area contributed by atoms with Crippen molar-refractivity contribution in [2.24, 2.45) is 0 Å². The number of hydrogen-bond acceptors (Lipinski definition) is 6. The topological polar surface area (TPSA) is 71.6 Å². The number of β-amino-alcohol motifs (C(OH)–C–C–N with tert-alkyl or cyclic N) is 1. The average molecular weight is 317 g/mol. The van der Waals surface area contributed by atoms with Gasteiger partial charge in [0.2, 0.25) is 5.89 Å². The van der Waals surface area contributed by atoms with Crippen LogP contribution >= 0.6 is 0 Å².